The molecule has 1 rings (SSSR count). The van der Waals surface area contributed by atoms with Crippen LogP contribution in [0.5, 0.6) is 5.75 Å². The maximum atomic E-state index is 12.0. The van der Waals surface area contributed by atoms with E-state index in [1.807, 2.05) is 0 Å². The molecule has 0 aliphatic rings. The highest BCUT2D eigenvalue weighted by atomic mass is 19.4. The van der Waals surface area contributed by atoms with E-state index in [-0.39, 0.29) is 24.4 Å². The summed E-state index contributed by atoms with van der Waals surface area (Å²) in [7, 11) is 0. The standard InChI is InChI=1S/C12H13F3O3/c1-2-17-7-6-11(16)9-4-3-5-10(8-9)18-12(13,14)15/h3-5,8H,2,6-7H2,1H3. The minimum absolute atomic E-state index is 0.128. The Balaban J connectivity index is 2.66. The van der Waals surface area contributed by atoms with Gasteiger partial charge in [0.1, 0.15) is 5.75 Å². The van der Waals surface area contributed by atoms with Gasteiger partial charge in [0.05, 0.1) is 6.61 Å². The van der Waals surface area contributed by atoms with Crippen molar-refractivity contribution in [2.75, 3.05) is 13.2 Å². The zero-order valence-corrected chi connectivity index (χ0v) is 9.79. The predicted molar refractivity (Wildman–Crippen MR) is 58.6 cm³/mol. The summed E-state index contributed by atoms with van der Waals surface area (Å²) in [5, 5.41) is 0. The van der Waals surface area contributed by atoms with Crippen molar-refractivity contribution in [3.05, 3.63) is 29.8 Å². The Morgan fingerprint density at radius 2 is 2.06 bits per heavy atom. The van der Waals surface area contributed by atoms with Crippen LogP contribution in [0.15, 0.2) is 24.3 Å². The van der Waals surface area contributed by atoms with Gasteiger partial charge in [-0.15, -0.1) is 13.2 Å². The summed E-state index contributed by atoms with van der Waals surface area (Å²) in [6, 6.07) is 5.00. The molecule has 0 unspecified atom stereocenters. The fourth-order valence-electron chi connectivity index (χ4n) is 1.32. The fraction of sp³-hybridized carbons (Fsp3) is 0.417. The number of carbonyl (C=O) groups excluding carboxylic acids is 1. The number of benzene rings is 1. The van der Waals surface area contributed by atoms with Crippen molar-refractivity contribution in [2.24, 2.45) is 0 Å². The summed E-state index contributed by atoms with van der Waals surface area (Å²) < 4.78 is 44.7. The Hall–Kier alpha value is -1.56. The Bertz CT molecular complexity index is 402. The highest BCUT2D eigenvalue weighted by Crippen LogP contribution is 2.23. The van der Waals surface area contributed by atoms with Crippen LogP contribution in [0.1, 0.15) is 23.7 Å². The highest BCUT2D eigenvalue weighted by molar-refractivity contribution is 5.96. The topological polar surface area (TPSA) is 35.5 Å². The van der Waals surface area contributed by atoms with Gasteiger partial charge in [-0.1, -0.05) is 12.1 Å². The summed E-state index contributed by atoms with van der Waals surface area (Å²) in [4.78, 5) is 11.6. The maximum Gasteiger partial charge on any atom is 0.573 e. The summed E-state index contributed by atoms with van der Waals surface area (Å²) in [6.45, 7) is 2.53. The van der Waals surface area contributed by atoms with E-state index < -0.39 is 12.1 Å². The molecular weight excluding hydrogens is 249 g/mol. The van der Waals surface area contributed by atoms with Gasteiger partial charge in [-0.3, -0.25) is 4.79 Å². The molecule has 0 spiro atoms. The molecule has 0 aliphatic carbocycles. The van der Waals surface area contributed by atoms with Crippen LogP contribution < -0.4 is 4.74 Å². The second-order valence-corrected chi connectivity index (χ2v) is 3.45. The zero-order chi connectivity index (χ0) is 13.6. The lowest BCUT2D eigenvalue weighted by molar-refractivity contribution is -0.274. The lowest BCUT2D eigenvalue weighted by Crippen LogP contribution is -2.17. The second kappa shape index (κ2) is 6.39. The Morgan fingerprint density at radius 1 is 1.33 bits per heavy atom. The van der Waals surface area contributed by atoms with Crippen LogP contribution >= 0.6 is 0 Å². The number of Topliss-reactive ketones (excluding diaryl/α,β-unsaturated/α-hetero) is 1. The van der Waals surface area contributed by atoms with Crippen LogP contribution in [0, 0.1) is 0 Å². The zero-order valence-electron chi connectivity index (χ0n) is 9.79. The number of ether oxygens (including phenoxy) is 2. The van der Waals surface area contributed by atoms with Gasteiger partial charge < -0.3 is 9.47 Å². The van der Waals surface area contributed by atoms with Crippen molar-refractivity contribution in [1.82, 2.24) is 0 Å². The molecule has 0 N–H and O–H groups in total. The Kier molecular flexibility index (Phi) is 5.15. The van der Waals surface area contributed by atoms with Crippen molar-refractivity contribution >= 4 is 5.78 Å². The van der Waals surface area contributed by atoms with Gasteiger partial charge in [0.25, 0.3) is 0 Å². The molecule has 0 amide bonds. The van der Waals surface area contributed by atoms with Crippen LogP contribution in [0.4, 0.5) is 13.2 Å². The van der Waals surface area contributed by atoms with Crippen LogP contribution in [-0.4, -0.2) is 25.4 Å². The van der Waals surface area contributed by atoms with Gasteiger partial charge in [0.15, 0.2) is 5.78 Å². The molecule has 18 heavy (non-hydrogen) atoms. The minimum Gasteiger partial charge on any atom is -0.406 e. The molecule has 0 aromatic heterocycles. The Morgan fingerprint density at radius 3 is 2.67 bits per heavy atom. The molecule has 0 bridgehead atoms. The Labute approximate surface area is 103 Å². The van der Waals surface area contributed by atoms with Gasteiger partial charge >= 0.3 is 6.36 Å². The molecular formula is C12H13F3O3. The van der Waals surface area contributed by atoms with E-state index in [2.05, 4.69) is 4.74 Å². The normalized spacial score (nSPS) is 11.3. The first kappa shape index (κ1) is 14.5. The molecule has 0 atom stereocenters. The first-order valence-electron chi connectivity index (χ1n) is 5.39. The molecule has 6 heteroatoms. The van der Waals surface area contributed by atoms with Crippen LogP contribution in [0.2, 0.25) is 0 Å². The average Bonchev–Trinajstić information content (AvgIpc) is 2.27. The molecule has 0 saturated carbocycles. The summed E-state index contributed by atoms with van der Waals surface area (Å²) >= 11 is 0. The van der Waals surface area contributed by atoms with Crippen LogP contribution in [0.25, 0.3) is 0 Å². The molecule has 0 fully saturated rings. The summed E-state index contributed by atoms with van der Waals surface area (Å²) in [5.41, 5.74) is 0.177. The van der Waals surface area contributed by atoms with E-state index >= 15 is 0 Å². The largest absolute Gasteiger partial charge is 0.573 e. The SMILES string of the molecule is CCOCCC(=O)c1cccc(OC(F)(F)F)c1. The third kappa shape index (κ3) is 5.18. The third-order valence-electron chi connectivity index (χ3n) is 2.07. The van der Waals surface area contributed by atoms with E-state index in [4.69, 9.17) is 4.74 Å². The smallest absolute Gasteiger partial charge is 0.406 e. The molecule has 0 saturated heterocycles. The van der Waals surface area contributed by atoms with E-state index in [0.29, 0.717) is 6.61 Å². The molecule has 0 aliphatic heterocycles. The number of alkyl halides is 3. The molecule has 0 radical (unpaired) electrons. The van der Waals surface area contributed by atoms with Gasteiger partial charge in [-0.25, -0.2) is 0 Å². The van der Waals surface area contributed by atoms with E-state index in [9.17, 15) is 18.0 Å². The number of rotatable bonds is 6. The second-order valence-electron chi connectivity index (χ2n) is 3.45. The molecule has 0 heterocycles. The summed E-state index contributed by atoms with van der Waals surface area (Å²) in [6.07, 6.45) is -4.63. The molecule has 1 aromatic carbocycles. The maximum absolute atomic E-state index is 12.0. The molecule has 100 valence electrons. The quantitative estimate of drug-likeness (QED) is 0.583. The minimum atomic E-state index is -4.76. The van der Waals surface area contributed by atoms with Crippen LogP contribution in [0.3, 0.4) is 0 Å². The monoisotopic (exact) mass is 262 g/mol. The third-order valence-corrected chi connectivity index (χ3v) is 2.07. The number of hydrogen-bond donors (Lipinski definition) is 0. The van der Waals surface area contributed by atoms with Crippen molar-refractivity contribution in [2.45, 2.75) is 19.7 Å². The average molecular weight is 262 g/mol. The van der Waals surface area contributed by atoms with E-state index in [1.165, 1.54) is 12.1 Å². The van der Waals surface area contributed by atoms with Crippen molar-refractivity contribution in [3.63, 3.8) is 0 Å². The van der Waals surface area contributed by atoms with Gasteiger partial charge in [0, 0.05) is 18.6 Å². The van der Waals surface area contributed by atoms with Crippen molar-refractivity contribution in [3.8, 4) is 5.75 Å². The first-order valence-corrected chi connectivity index (χ1v) is 5.39. The van der Waals surface area contributed by atoms with Crippen LogP contribution in [-0.2, 0) is 4.74 Å². The summed E-state index contributed by atoms with van der Waals surface area (Å²) in [5.74, 6) is -0.680. The first-order chi connectivity index (χ1) is 8.42. The van der Waals surface area contributed by atoms with Gasteiger partial charge in [-0.2, -0.15) is 0 Å². The van der Waals surface area contributed by atoms with Crippen molar-refractivity contribution < 1.29 is 27.4 Å². The highest BCUT2D eigenvalue weighted by Gasteiger charge is 2.31. The number of carbonyl (C=O) groups is 1. The van der Waals surface area contributed by atoms with E-state index in [1.54, 1.807) is 6.92 Å². The lowest BCUT2D eigenvalue weighted by atomic mass is 10.1. The predicted octanol–water partition coefficient (Wildman–Crippen LogP) is 3.19. The number of halogens is 3. The molecule has 3 nitrogen and oxygen atoms in total. The fourth-order valence-corrected chi connectivity index (χ4v) is 1.32. The number of ketones is 1. The van der Waals surface area contributed by atoms with E-state index in [0.717, 1.165) is 12.1 Å². The number of hydrogen-bond acceptors (Lipinski definition) is 3. The van der Waals surface area contributed by atoms with Gasteiger partial charge in [-0.05, 0) is 19.1 Å². The van der Waals surface area contributed by atoms with Gasteiger partial charge in [0.2, 0.25) is 0 Å². The van der Waals surface area contributed by atoms with Crippen molar-refractivity contribution in [1.29, 1.82) is 0 Å². The molecule has 1 aromatic rings. The lowest BCUT2D eigenvalue weighted by Gasteiger charge is -2.09.